The van der Waals surface area contributed by atoms with Crippen LogP contribution in [0.2, 0.25) is 0 Å². The van der Waals surface area contributed by atoms with Crippen molar-refractivity contribution >= 4 is 17.8 Å². The molecule has 1 unspecified atom stereocenters. The number of methoxy groups -OCH3 is 1. The first kappa shape index (κ1) is 21.6. The molecule has 11 heteroatoms. The number of rotatable bonds is 5. The van der Waals surface area contributed by atoms with Gasteiger partial charge < -0.3 is 19.9 Å². The van der Waals surface area contributed by atoms with Crippen LogP contribution in [0.4, 0.5) is 24.8 Å². The maximum absolute atomic E-state index is 13.2. The van der Waals surface area contributed by atoms with E-state index in [4.69, 9.17) is 4.74 Å². The van der Waals surface area contributed by atoms with E-state index < -0.39 is 17.8 Å². The number of fused-ring (bicyclic) bond motifs is 1. The minimum atomic E-state index is -4.43. The van der Waals surface area contributed by atoms with Crippen LogP contribution < -0.4 is 15.4 Å². The Hall–Kier alpha value is -4.28. The van der Waals surface area contributed by atoms with Crippen LogP contribution in [0.25, 0.3) is 11.9 Å². The molecule has 0 spiro atoms. The van der Waals surface area contributed by atoms with Gasteiger partial charge in [0.15, 0.2) is 5.82 Å². The van der Waals surface area contributed by atoms with Gasteiger partial charge in [-0.25, -0.2) is 9.67 Å². The third-order valence-corrected chi connectivity index (χ3v) is 5.37. The summed E-state index contributed by atoms with van der Waals surface area (Å²) in [6.45, 7) is 1.90. The van der Waals surface area contributed by atoms with Gasteiger partial charge in [-0.1, -0.05) is 12.1 Å². The quantitative estimate of drug-likeness (QED) is 0.444. The number of alkyl halides is 3. The first-order valence-corrected chi connectivity index (χ1v) is 10.3. The second-order valence-electron chi connectivity index (χ2n) is 7.71. The summed E-state index contributed by atoms with van der Waals surface area (Å²) in [6.07, 6.45) is 2.45. The van der Waals surface area contributed by atoms with Gasteiger partial charge in [-0.05, 0) is 36.8 Å². The molecule has 34 heavy (non-hydrogen) atoms. The number of imidazole rings is 1. The van der Waals surface area contributed by atoms with Crippen molar-refractivity contribution in [3.63, 3.8) is 0 Å². The zero-order valence-electron chi connectivity index (χ0n) is 18.2. The lowest BCUT2D eigenvalue weighted by Crippen LogP contribution is -2.24. The Morgan fingerprint density at radius 1 is 1.15 bits per heavy atom. The number of nitrogens with one attached hydrogen (secondary N) is 2. The van der Waals surface area contributed by atoms with Crippen LogP contribution in [0, 0.1) is 6.92 Å². The molecule has 0 saturated heterocycles. The molecule has 1 atom stereocenters. The number of hydrogen-bond donors (Lipinski definition) is 2. The predicted molar refractivity (Wildman–Crippen MR) is 120 cm³/mol. The Morgan fingerprint density at radius 3 is 2.74 bits per heavy atom. The van der Waals surface area contributed by atoms with E-state index in [1.54, 1.807) is 31.9 Å². The molecule has 2 aromatic heterocycles. The maximum Gasteiger partial charge on any atom is 0.416 e. The van der Waals surface area contributed by atoms with Gasteiger partial charge in [-0.15, -0.1) is 5.10 Å². The summed E-state index contributed by atoms with van der Waals surface area (Å²) in [7, 11) is 1.58. The molecule has 174 valence electrons. The van der Waals surface area contributed by atoms with Crippen LogP contribution in [0.3, 0.4) is 0 Å². The normalized spacial score (nSPS) is 15.0. The predicted octanol–water partition coefficient (Wildman–Crippen LogP) is 4.66. The second-order valence-corrected chi connectivity index (χ2v) is 7.71. The van der Waals surface area contributed by atoms with Crippen molar-refractivity contribution in [3.05, 3.63) is 83.8 Å². The lowest BCUT2D eigenvalue weighted by Gasteiger charge is -2.21. The van der Waals surface area contributed by atoms with Crippen molar-refractivity contribution < 1.29 is 17.9 Å². The highest BCUT2D eigenvalue weighted by atomic mass is 19.4. The van der Waals surface area contributed by atoms with E-state index >= 15 is 0 Å². The Labute approximate surface area is 192 Å². The molecule has 0 amide bonds. The molecule has 4 aromatic rings. The van der Waals surface area contributed by atoms with E-state index in [0.29, 0.717) is 28.8 Å². The van der Waals surface area contributed by atoms with Crippen LogP contribution in [0.5, 0.6) is 5.75 Å². The lowest BCUT2D eigenvalue weighted by molar-refractivity contribution is -0.137. The van der Waals surface area contributed by atoms with Crippen LogP contribution in [0.15, 0.2) is 61.2 Å². The van der Waals surface area contributed by atoms with Gasteiger partial charge in [-0.2, -0.15) is 18.2 Å². The van der Waals surface area contributed by atoms with Gasteiger partial charge in [0, 0.05) is 30.4 Å². The first-order valence-electron chi connectivity index (χ1n) is 10.3. The Morgan fingerprint density at radius 2 is 2.00 bits per heavy atom. The molecule has 0 saturated carbocycles. The molecule has 5 rings (SSSR count). The van der Waals surface area contributed by atoms with Crippen molar-refractivity contribution in [2.45, 2.75) is 19.1 Å². The molecule has 0 bridgehead atoms. The summed E-state index contributed by atoms with van der Waals surface area (Å²) in [6, 6.07) is 10.1. The fourth-order valence-electron chi connectivity index (χ4n) is 3.77. The van der Waals surface area contributed by atoms with E-state index in [0.717, 1.165) is 23.5 Å². The highest BCUT2D eigenvalue weighted by molar-refractivity contribution is 5.62. The molecular weight excluding hydrogens is 447 g/mol. The van der Waals surface area contributed by atoms with E-state index in [1.807, 2.05) is 35.9 Å². The Kier molecular flexibility index (Phi) is 5.23. The van der Waals surface area contributed by atoms with E-state index in [2.05, 4.69) is 25.7 Å². The van der Waals surface area contributed by atoms with Gasteiger partial charge in [0.25, 0.3) is 0 Å². The summed E-state index contributed by atoms with van der Waals surface area (Å²) < 4.78 is 48.5. The van der Waals surface area contributed by atoms with Crippen molar-refractivity contribution in [1.29, 1.82) is 0 Å². The molecule has 8 nitrogen and oxygen atoms in total. The molecule has 0 aliphatic carbocycles. The summed E-state index contributed by atoms with van der Waals surface area (Å²) in [5, 5.41) is 10.6. The van der Waals surface area contributed by atoms with E-state index in [9.17, 15) is 13.2 Å². The fourth-order valence-corrected chi connectivity index (χ4v) is 3.77. The topological polar surface area (TPSA) is 81.8 Å². The van der Waals surface area contributed by atoms with E-state index in [1.165, 1.54) is 10.7 Å². The Balaban J connectivity index is 1.43. The highest BCUT2D eigenvalue weighted by Crippen LogP contribution is 2.33. The van der Waals surface area contributed by atoms with Crippen LogP contribution in [-0.2, 0) is 6.18 Å². The van der Waals surface area contributed by atoms with Crippen molar-refractivity contribution in [2.75, 3.05) is 12.4 Å². The molecule has 3 heterocycles. The van der Waals surface area contributed by atoms with Crippen molar-refractivity contribution in [1.82, 2.24) is 29.6 Å². The number of aromatic nitrogens is 5. The minimum absolute atomic E-state index is 0.300. The molecule has 1 aliphatic rings. The summed E-state index contributed by atoms with van der Waals surface area (Å²) in [5.41, 5.74) is 2.11. The van der Waals surface area contributed by atoms with Gasteiger partial charge >= 0.3 is 6.18 Å². The van der Waals surface area contributed by atoms with Gasteiger partial charge in [-0.3, -0.25) is 0 Å². The standard InChI is InChI=1S/C23H20F3N7O/c1-14-12-32(13-28-14)18-7-6-17(11-19(18)34-2)29-22-30-21-20(27-8-9-33(21)31-22)15-4-3-5-16(10-15)23(24,25)26/h3-13,20,27H,1-2H3,(H,29,31). The Bertz CT molecular complexity index is 1370. The second kappa shape index (κ2) is 8.25. The number of hydrogen-bond acceptors (Lipinski definition) is 6. The summed E-state index contributed by atoms with van der Waals surface area (Å²) in [5.74, 6) is 1.38. The van der Waals surface area contributed by atoms with Crippen molar-refractivity contribution in [2.24, 2.45) is 0 Å². The number of aryl methyl sites for hydroxylation is 1. The molecule has 1 aliphatic heterocycles. The van der Waals surface area contributed by atoms with Gasteiger partial charge in [0.2, 0.25) is 5.95 Å². The number of ether oxygens (including phenoxy) is 1. The largest absolute Gasteiger partial charge is 0.494 e. The molecule has 2 N–H and O–H groups in total. The summed E-state index contributed by atoms with van der Waals surface area (Å²) in [4.78, 5) is 8.77. The maximum atomic E-state index is 13.2. The third-order valence-electron chi connectivity index (χ3n) is 5.37. The first-order chi connectivity index (χ1) is 16.3. The van der Waals surface area contributed by atoms with Crippen LogP contribution in [-0.4, -0.2) is 31.4 Å². The average molecular weight is 467 g/mol. The van der Waals surface area contributed by atoms with Gasteiger partial charge in [0.05, 0.1) is 30.4 Å². The monoisotopic (exact) mass is 467 g/mol. The van der Waals surface area contributed by atoms with Crippen molar-refractivity contribution in [3.8, 4) is 11.4 Å². The number of benzene rings is 2. The van der Waals surface area contributed by atoms with Crippen LogP contribution >= 0.6 is 0 Å². The third kappa shape index (κ3) is 4.07. The SMILES string of the molecule is COc1cc(Nc2nc3n(n2)C=CNC3c2cccc(C(F)(F)F)c2)ccc1-n1cnc(C)c1. The number of anilines is 2. The zero-order valence-corrected chi connectivity index (χ0v) is 18.2. The lowest BCUT2D eigenvalue weighted by atomic mass is 10.0. The zero-order chi connectivity index (χ0) is 23.9. The minimum Gasteiger partial charge on any atom is -0.494 e. The fraction of sp³-hybridized carbons (Fsp3) is 0.174. The van der Waals surface area contributed by atoms with E-state index in [-0.39, 0.29) is 0 Å². The average Bonchev–Trinajstić information content (AvgIpc) is 3.44. The molecule has 2 aromatic carbocycles. The molecule has 0 fully saturated rings. The molecule has 0 radical (unpaired) electrons. The number of nitrogens with zero attached hydrogens (tertiary/aromatic N) is 5. The number of halogens is 3. The smallest absolute Gasteiger partial charge is 0.416 e. The van der Waals surface area contributed by atoms with Gasteiger partial charge in [0.1, 0.15) is 11.8 Å². The highest BCUT2D eigenvalue weighted by Gasteiger charge is 2.32. The van der Waals surface area contributed by atoms with Crippen LogP contribution in [0.1, 0.15) is 28.7 Å². The molecular formula is C23H20F3N7O. The summed E-state index contributed by atoms with van der Waals surface area (Å²) >= 11 is 0.